The Morgan fingerprint density at radius 2 is 1.95 bits per heavy atom. The standard InChI is InChI=1S/C10H10F2N2O6S/c1-13(5-10(15)20-2)21(18,19)9-4-8(14(16)17)6(11)3-7(9)12/h3-4H,5H2,1-2H3. The number of methoxy groups -OCH3 is 1. The zero-order chi connectivity index (χ0) is 16.4. The van der Waals surface area contributed by atoms with Gasteiger partial charge in [0.15, 0.2) is 0 Å². The van der Waals surface area contributed by atoms with Crippen molar-refractivity contribution in [3.05, 3.63) is 33.9 Å². The highest BCUT2D eigenvalue weighted by Gasteiger charge is 2.30. The average molecular weight is 324 g/mol. The van der Waals surface area contributed by atoms with E-state index >= 15 is 0 Å². The van der Waals surface area contributed by atoms with Gasteiger partial charge in [-0.1, -0.05) is 0 Å². The lowest BCUT2D eigenvalue weighted by atomic mass is 10.3. The summed E-state index contributed by atoms with van der Waals surface area (Å²) in [5.74, 6) is -3.93. The van der Waals surface area contributed by atoms with Crippen LogP contribution in [-0.4, -0.2) is 44.3 Å². The van der Waals surface area contributed by atoms with Crippen molar-refractivity contribution in [3.8, 4) is 0 Å². The van der Waals surface area contributed by atoms with E-state index in [1.165, 1.54) is 0 Å². The van der Waals surface area contributed by atoms with Crippen molar-refractivity contribution < 1.29 is 31.7 Å². The fourth-order valence-electron chi connectivity index (χ4n) is 1.36. The monoisotopic (exact) mass is 324 g/mol. The summed E-state index contributed by atoms with van der Waals surface area (Å²) in [5.41, 5.74) is -1.19. The molecule has 8 nitrogen and oxygen atoms in total. The predicted octanol–water partition coefficient (Wildman–Crippen LogP) is 0.667. The molecule has 21 heavy (non-hydrogen) atoms. The second-order valence-electron chi connectivity index (χ2n) is 3.83. The number of esters is 1. The van der Waals surface area contributed by atoms with Crippen molar-refractivity contribution in [1.82, 2.24) is 4.31 Å². The van der Waals surface area contributed by atoms with Gasteiger partial charge < -0.3 is 4.74 Å². The smallest absolute Gasteiger partial charge is 0.321 e. The number of sulfonamides is 1. The van der Waals surface area contributed by atoms with E-state index < -0.39 is 49.7 Å². The van der Waals surface area contributed by atoms with E-state index in [0.717, 1.165) is 14.2 Å². The first kappa shape index (κ1) is 16.9. The minimum Gasteiger partial charge on any atom is -0.468 e. The van der Waals surface area contributed by atoms with E-state index in [4.69, 9.17) is 0 Å². The molecule has 0 atom stereocenters. The number of carbonyl (C=O) groups is 1. The van der Waals surface area contributed by atoms with Gasteiger partial charge in [-0.05, 0) is 0 Å². The van der Waals surface area contributed by atoms with Crippen LogP contribution in [0.3, 0.4) is 0 Å². The molecular weight excluding hydrogens is 314 g/mol. The van der Waals surface area contributed by atoms with Gasteiger partial charge in [-0.2, -0.15) is 8.70 Å². The Labute approximate surface area is 118 Å². The number of ether oxygens (including phenoxy) is 1. The third-order valence-corrected chi connectivity index (χ3v) is 4.28. The molecule has 0 saturated heterocycles. The van der Waals surface area contributed by atoms with E-state index in [1.54, 1.807) is 0 Å². The Balaban J connectivity index is 3.34. The fourth-order valence-corrected chi connectivity index (χ4v) is 2.53. The summed E-state index contributed by atoms with van der Waals surface area (Å²) in [4.78, 5) is 19.3. The van der Waals surface area contributed by atoms with E-state index in [0.29, 0.717) is 4.31 Å². The van der Waals surface area contributed by atoms with E-state index in [9.17, 15) is 32.1 Å². The van der Waals surface area contributed by atoms with Crippen molar-refractivity contribution in [2.24, 2.45) is 0 Å². The summed E-state index contributed by atoms with van der Waals surface area (Å²) in [6.07, 6.45) is 0. The van der Waals surface area contributed by atoms with E-state index in [1.807, 2.05) is 0 Å². The van der Waals surface area contributed by atoms with Crippen LogP contribution in [0.2, 0.25) is 0 Å². The number of nitrogens with zero attached hydrogens (tertiary/aromatic N) is 2. The van der Waals surface area contributed by atoms with Crippen LogP contribution in [-0.2, 0) is 19.6 Å². The number of hydrogen-bond acceptors (Lipinski definition) is 6. The van der Waals surface area contributed by atoms with Gasteiger partial charge in [0, 0.05) is 19.2 Å². The lowest BCUT2D eigenvalue weighted by Gasteiger charge is -2.16. The molecule has 0 heterocycles. The highest BCUT2D eigenvalue weighted by molar-refractivity contribution is 7.89. The lowest BCUT2D eigenvalue weighted by molar-refractivity contribution is -0.387. The number of benzene rings is 1. The molecule has 0 aromatic heterocycles. The predicted molar refractivity (Wildman–Crippen MR) is 64.8 cm³/mol. The Morgan fingerprint density at radius 1 is 1.38 bits per heavy atom. The first-order valence-electron chi connectivity index (χ1n) is 5.27. The topological polar surface area (TPSA) is 107 Å². The average Bonchev–Trinajstić information content (AvgIpc) is 2.37. The van der Waals surface area contributed by atoms with Gasteiger partial charge in [-0.3, -0.25) is 14.9 Å². The summed E-state index contributed by atoms with van der Waals surface area (Å²) in [6, 6.07) is 0.352. The molecule has 11 heteroatoms. The van der Waals surface area contributed by atoms with Crippen molar-refractivity contribution in [2.75, 3.05) is 20.7 Å². The number of halogens is 2. The molecule has 0 aliphatic rings. The summed E-state index contributed by atoms with van der Waals surface area (Å²) in [7, 11) is -2.60. The van der Waals surface area contributed by atoms with E-state index in [-0.39, 0.29) is 12.1 Å². The number of nitro benzene ring substituents is 1. The third-order valence-electron chi connectivity index (χ3n) is 2.47. The molecule has 0 N–H and O–H groups in total. The molecule has 0 saturated carbocycles. The number of likely N-dealkylation sites (N-methyl/N-ethyl adjacent to an activating group) is 1. The number of rotatable bonds is 5. The molecule has 0 aliphatic carbocycles. The van der Waals surface area contributed by atoms with Crippen LogP contribution in [0.15, 0.2) is 17.0 Å². The second-order valence-corrected chi connectivity index (χ2v) is 5.84. The lowest BCUT2D eigenvalue weighted by Crippen LogP contribution is -2.33. The van der Waals surface area contributed by atoms with Crippen LogP contribution in [0, 0.1) is 21.7 Å². The van der Waals surface area contributed by atoms with Crippen molar-refractivity contribution in [3.63, 3.8) is 0 Å². The number of carbonyl (C=O) groups excluding carboxylic acids is 1. The quantitative estimate of drug-likeness (QED) is 0.447. The summed E-state index contributed by atoms with van der Waals surface area (Å²) >= 11 is 0. The minimum absolute atomic E-state index is 0.0942. The van der Waals surface area contributed by atoms with Crippen LogP contribution in [0.5, 0.6) is 0 Å². The van der Waals surface area contributed by atoms with Gasteiger partial charge in [0.1, 0.15) is 17.3 Å². The Hall–Kier alpha value is -2.14. The van der Waals surface area contributed by atoms with Crippen LogP contribution in [0.25, 0.3) is 0 Å². The minimum atomic E-state index is -4.56. The molecule has 116 valence electrons. The van der Waals surface area contributed by atoms with Crippen molar-refractivity contribution in [1.29, 1.82) is 0 Å². The molecule has 0 bridgehead atoms. The van der Waals surface area contributed by atoms with E-state index in [2.05, 4.69) is 4.74 Å². The SMILES string of the molecule is COC(=O)CN(C)S(=O)(=O)c1cc([N+](=O)[O-])c(F)cc1F. The van der Waals surface area contributed by atoms with Crippen LogP contribution < -0.4 is 0 Å². The summed E-state index contributed by atoms with van der Waals surface area (Å²) in [5, 5.41) is 10.6. The molecular formula is C10H10F2N2O6S. The largest absolute Gasteiger partial charge is 0.468 e. The highest BCUT2D eigenvalue weighted by Crippen LogP contribution is 2.26. The van der Waals surface area contributed by atoms with Gasteiger partial charge in [0.05, 0.1) is 12.0 Å². The van der Waals surface area contributed by atoms with Gasteiger partial charge in [-0.15, -0.1) is 0 Å². The first-order valence-corrected chi connectivity index (χ1v) is 6.72. The molecule has 0 unspecified atom stereocenters. The van der Waals surface area contributed by atoms with Crippen molar-refractivity contribution in [2.45, 2.75) is 4.90 Å². The van der Waals surface area contributed by atoms with Gasteiger partial charge in [0.25, 0.3) is 0 Å². The first-order chi connectivity index (χ1) is 9.61. The molecule has 0 aliphatic heterocycles. The zero-order valence-corrected chi connectivity index (χ0v) is 11.7. The highest BCUT2D eigenvalue weighted by atomic mass is 32.2. The maximum absolute atomic E-state index is 13.6. The normalized spacial score (nSPS) is 11.5. The number of nitro groups is 1. The Morgan fingerprint density at radius 3 is 2.43 bits per heavy atom. The van der Waals surface area contributed by atoms with Gasteiger partial charge in [0.2, 0.25) is 15.8 Å². The van der Waals surface area contributed by atoms with Crippen molar-refractivity contribution >= 4 is 21.7 Å². The fraction of sp³-hybridized carbons (Fsp3) is 0.300. The Kier molecular flexibility index (Phi) is 4.91. The molecule has 1 rings (SSSR count). The zero-order valence-electron chi connectivity index (χ0n) is 10.9. The molecule has 0 amide bonds. The molecule has 0 fully saturated rings. The van der Waals surface area contributed by atoms with Crippen LogP contribution >= 0.6 is 0 Å². The Bertz CT molecular complexity index is 691. The number of hydrogen-bond donors (Lipinski definition) is 0. The molecule has 1 aromatic carbocycles. The van der Waals surface area contributed by atoms with Crippen LogP contribution in [0.4, 0.5) is 14.5 Å². The maximum atomic E-state index is 13.6. The van der Waals surface area contributed by atoms with Crippen LogP contribution in [0.1, 0.15) is 0 Å². The van der Waals surface area contributed by atoms with Gasteiger partial charge in [-0.25, -0.2) is 12.8 Å². The molecule has 0 radical (unpaired) electrons. The summed E-state index contributed by atoms with van der Waals surface area (Å²) in [6.45, 7) is -0.733. The maximum Gasteiger partial charge on any atom is 0.321 e. The summed E-state index contributed by atoms with van der Waals surface area (Å²) < 4.78 is 55.5. The molecule has 0 spiro atoms. The third kappa shape index (κ3) is 3.49. The molecule has 1 aromatic rings. The van der Waals surface area contributed by atoms with Gasteiger partial charge >= 0.3 is 11.7 Å². The second kappa shape index (κ2) is 6.10.